The van der Waals surface area contributed by atoms with Gasteiger partial charge in [-0.25, -0.2) is 0 Å². The van der Waals surface area contributed by atoms with Crippen molar-refractivity contribution in [3.05, 3.63) is 0 Å². The third kappa shape index (κ3) is 5.25. The van der Waals surface area contributed by atoms with E-state index in [9.17, 15) is 0 Å². The lowest BCUT2D eigenvalue weighted by Crippen LogP contribution is -2.33. The van der Waals surface area contributed by atoms with Crippen LogP contribution in [0.15, 0.2) is 0 Å². The van der Waals surface area contributed by atoms with Gasteiger partial charge >= 0.3 is 0 Å². The van der Waals surface area contributed by atoms with Crippen LogP contribution in [0.4, 0.5) is 0 Å². The van der Waals surface area contributed by atoms with Crippen LogP contribution < -0.4 is 0 Å². The average Bonchev–Trinajstić information content (AvgIpc) is 2.51. The second-order valence-corrected chi connectivity index (χ2v) is 10.6. The summed E-state index contributed by atoms with van der Waals surface area (Å²) in [6, 6.07) is 0. The van der Waals surface area contributed by atoms with Crippen LogP contribution in [0.2, 0.25) is 0 Å². The van der Waals surface area contributed by atoms with Gasteiger partial charge in [-0.2, -0.15) is 0 Å². The minimum Gasteiger partial charge on any atom is -0.0625 e. The molecule has 2 saturated carbocycles. The molecule has 0 nitrogen and oxygen atoms in total. The molecular formula is C24H46. The summed E-state index contributed by atoms with van der Waals surface area (Å²) in [4.78, 5) is 0. The SMILES string of the molecule is CC1CCC(C(C)C)C(CCC(C)C2CC(C)CCC2C(C)C)C1. The Balaban J connectivity index is 1.93. The van der Waals surface area contributed by atoms with E-state index in [0.717, 1.165) is 53.3 Å². The van der Waals surface area contributed by atoms with E-state index in [-0.39, 0.29) is 0 Å². The zero-order chi connectivity index (χ0) is 17.9. The lowest BCUT2D eigenvalue weighted by molar-refractivity contribution is 0.0794. The number of hydrogen-bond acceptors (Lipinski definition) is 0. The molecular weight excluding hydrogens is 288 g/mol. The highest BCUT2D eigenvalue weighted by atomic mass is 14.4. The summed E-state index contributed by atoms with van der Waals surface area (Å²) in [5.74, 6) is 8.62. The summed E-state index contributed by atoms with van der Waals surface area (Å²) in [7, 11) is 0. The number of hydrogen-bond donors (Lipinski definition) is 0. The van der Waals surface area contributed by atoms with Gasteiger partial charge in [0.2, 0.25) is 0 Å². The lowest BCUT2D eigenvalue weighted by Gasteiger charge is -2.42. The molecule has 0 heterocycles. The maximum Gasteiger partial charge on any atom is -0.0355 e. The molecule has 0 bridgehead atoms. The van der Waals surface area contributed by atoms with Crippen LogP contribution in [0.3, 0.4) is 0 Å². The van der Waals surface area contributed by atoms with E-state index < -0.39 is 0 Å². The normalized spacial score (nSPS) is 39.4. The van der Waals surface area contributed by atoms with E-state index in [1.165, 1.54) is 51.4 Å². The van der Waals surface area contributed by atoms with Crippen molar-refractivity contribution in [1.29, 1.82) is 0 Å². The van der Waals surface area contributed by atoms with Crippen molar-refractivity contribution in [1.82, 2.24) is 0 Å². The second kappa shape index (κ2) is 9.09. The van der Waals surface area contributed by atoms with Crippen LogP contribution >= 0.6 is 0 Å². The molecule has 7 atom stereocenters. The third-order valence-corrected chi connectivity index (χ3v) is 7.96. The molecule has 0 aliphatic heterocycles. The van der Waals surface area contributed by atoms with Gasteiger partial charge in [-0.1, -0.05) is 67.7 Å². The standard InChI is InChI=1S/C24H46/c1-16(2)22-12-8-18(5)14-21(22)11-10-20(7)24-15-19(6)9-13-23(24)17(3)4/h16-24H,8-15H2,1-7H3. The molecule has 0 heteroatoms. The van der Waals surface area contributed by atoms with E-state index in [4.69, 9.17) is 0 Å². The molecule has 0 radical (unpaired) electrons. The lowest BCUT2D eigenvalue weighted by atomic mass is 9.63. The fourth-order valence-electron chi connectivity index (χ4n) is 6.35. The fraction of sp³-hybridized carbons (Fsp3) is 1.00. The molecule has 7 unspecified atom stereocenters. The van der Waals surface area contributed by atoms with Gasteiger partial charge in [0.05, 0.1) is 0 Å². The van der Waals surface area contributed by atoms with Gasteiger partial charge in [0.1, 0.15) is 0 Å². The van der Waals surface area contributed by atoms with Crippen LogP contribution in [0.5, 0.6) is 0 Å². The first kappa shape index (κ1) is 20.3. The van der Waals surface area contributed by atoms with E-state index >= 15 is 0 Å². The molecule has 0 amide bonds. The maximum absolute atomic E-state index is 2.59. The molecule has 0 aromatic rings. The first-order chi connectivity index (χ1) is 11.3. The Morgan fingerprint density at radius 2 is 1.21 bits per heavy atom. The smallest absolute Gasteiger partial charge is 0.0355 e. The van der Waals surface area contributed by atoms with Gasteiger partial charge in [0.25, 0.3) is 0 Å². The van der Waals surface area contributed by atoms with Crippen molar-refractivity contribution in [2.75, 3.05) is 0 Å². The quantitative estimate of drug-likeness (QED) is 0.464. The zero-order valence-corrected chi connectivity index (χ0v) is 17.9. The molecule has 2 aliphatic rings. The molecule has 2 fully saturated rings. The van der Waals surface area contributed by atoms with Gasteiger partial charge in [0.15, 0.2) is 0 Å². The van der Waals surface area contributed by atoms with Crippen LogP contribution in [0.25, 0.3) is 0 Å². The summed E-state index contributed by atoms with van der Waals surface area (Å²) in [6.45, 7) is 17.5. The summed E-state index contributed by atoms with van der Waals surface area (Å²) in [5.41, 5.74) is 0. The summed E-state index contributed by atoms with van der Waals surface area (Å²) < 4.78 is 0. The van der Waals surface area contributed by atoms with Crippen molar-refractivity contribution in [2.24, 2.45) is 53.3 Å². The van der Waals surface area contributed by atoms with E-state index in [1.807, 2.05) is 0 Å². The molecule has 0 N–H and O–H groups in total. The highest BCUT2D eigenvalue weighted by molar-refractivity contribution is 4.86. The number of rotatable bonds is 6. The Bertz CT molecular complexity index is 355. The molecule has 24 heavy (non-hydrogen) atoms. The van der Waals surface area contributed by atoms with Crippen molar-refractivity contribution in [2.45, 2.75) is 99.8 Å². The van der Waals surface area contributed by atoms with E-state index in [0.29, 0.717) is 0 Å². The Labute approximate surface area is 153 Å². The molecule has 0 aromatic carbocycles. The Kier molecular flexibility index (Phi) is 7.69. The molecule has 142 valence electrons. The Morgan fingerprint density at radius 1 is 0.667 bits per heavy atom. The summed E-state index contributed by atoms with van der Waals surface area (Å²) in [6.07, 6.45) is 11.9. The minimum absolute atomic E-state index is 0.878. The van der Waals surface area contributed by atoms with Gasteiger partial charge in [0, 0.05) is 0 Å². The van der Waals surface area contributed by atoms with Gasteiger partial charge in [-0.3, -0.25) is 0 Å². The predicted molar refractivity (Wildman–Crippen MR) is 108 cm³/mol. The average molecular weight is 335 g/mol. The maximum atomic E-state index is 2.59. The first-order valence-electron chi connectivity index (χ1n) is 11.3. The zero-order valence-electron chi connectivity index (χ0n) is 17.9. The van der Waals surface area contributed by atoms with Gasteiger partial charge in [-0.05, 0) is 85.4 Å². The van der Waals surface area contributed by atoms with Crippen molar-refractivity contribution < 1.29 is 0 Å². The first-order valence-corrected chi connectivity index (χ1v) is 11.3. The molecule has 0 spiro atoms. The summed E-state index contributed by atoms with van der Waals surface area (Å²) >= 11 is 0. The van der Waals surface area contributed by atoms with E-state index in [2.05, 4.69) is 48.5 Å². The van der Waals surface area contributed by atoms with Crippen molar-refractivity contribution in [3.8, 4) is 0 Å². The summed E-state index contributed by atoms with van der Waals surface area (Å²) in [5, 5.41) is 0. The molecule has 0 aromatic heterocycles. The van der Waals surface area contributed by atoms with Crippen molar-refractivity contribution in [3.63, 3.8) is 0 Å². The largest absolute Gasteiger partial charge is 0.0625 e. The van der Waals surface area contributed by atoms with E-state index in [1.54, 1.807) is 0 Å². The van der Waals surface area contributed by atoms with Crippen LogP contribution in [-0.4, -0.2) is 0 Å². The topological polar surface area (TPSA) is 0 Å². The molecule has 2 rings (SSSR count). The minimum atomic E-state index is 0.878. The fourth-order valence-corrected chi connectivity index (χ4v) is 6.35. The van der Waals surface area contributed by atoms with Crippen LogP contribution in [0, 0.1) is 53.3 Å². The second-order valence-electron chi connectivity index (χ2n) is 10.6. The van der Waals surface area contributed by atoms with Gasteiger partial charge in [-0.15, -0.1) is 0 Å². The predicted octanol–water partition coefficient (Wildman–Crippen LogP) is 7.82. The van der Waals surface area contributed by atoms with Crippen molar-refractivity contribution >= 4 is 0 Å². The molecule has 2 aliphatic carbocycles. The highest BCUT2D eigenvalue weighted by Gasteiger charge is 2.35. The Morgan fingerprint density at radius 3 is 1.79 bits per heavy atom. The van der Waals surface area contributed by atoms with Crippen LogP contribution in [0.1, 0.15) is 99.8 Å². The Hall–Kier alpha value is 0. The van der Waals surface area contributed by atoms with Gasteiger partial charge < -0.3 is 0 Å². The monoisotopic (exact) mass is 334 g/mol. The van der Waals surface area contributed by atoms with Crippen LogP contribution in [-0.2, 0) is 0 Å². The highest BCUT2D eigenvalue weighted by Crippen LogP contribution is 2.45. The molecule has 0 saturated heterocycles. The third-order valence-electron chi connectivity index (χ3n) is 7.96.